The van der Waals surface area contributed by atoms with E-state index in [1.165, 1.54) is 6.07 Å². The van der Waals surface area contributed by atoms with Gasteiger partial charge in [0.2, 0.25) is 0 Å². The predicted molar refractivity (Wildman–Crippen MR) is 75.9 cm³/mol. The number of alkyl halides is 3. The Hall–Kier alpha value is -1.18. The topological polar surface area (TPSA) is 45.8 Å². The van der Waals surface area contributed by atoms with Gasteiger partial charge in [-0.2, -0.15) is 13.2 Å². The second-order valence-corrected chi connectivity index (χ2v) is 5.77. The van der Waals surface area contributed by atoms with Gasteiger partial charge in [0.15, 0.2) is 10.9 Å². The number of benzene rings is 1. The molecule has 2 rings (SSSR count). The summed E-state index contributed by atoms with van der Waals surface area (Å²) >= 11 is 12.7. The summed E-state index contributed by atoms with van der Waals surface area (Å²) in [7, 11) is 0. The van der Waals surface area contributed by atoms with Crippen LogP contribution in [0, 0.1) is 0 Å². The fourth-order valence-electron chi connectivity index (χ4n) is 1.43. The zero-order valence-corrected chi connectivity index (χ0v) is 12.5. The van der Waals surface area contributed by atoms with Crippen LogP contribution in [0.1, 0.15) is 11.3 Å². The number of hydrogen-bond acceptors (Lipinski definition) is 3. The first-order chi connectivity index (χ1) is 9.75. The third kappa shape index (κ3) is 4.39. The largest absolute Gasteiger partial charge is 0.433 e. The third-order valence-electron chi connectivity index (χ3n) is 2.39. The van der Waals surface area contributed by atoms with Crippen molar-refractivity contribution in [2.45, 2.75) is 17.1 Å². The Morgan fingerprint density at radius 1 is 1.24 bits per heavy atom. The molecule has 0 saturated heterocycles. The molecule has 0 fully saturated rings. The van der Waals surface area contributed by atoms with Crippen LogP contribution in [0.4, 0.5) is 13.2 Å². The lowest BCUT2D eigenvalue weighted by Gasteiger charge is -2.07. The van der Waals surface area contributed by atoms with E-state index in [0.717, 1.165) is 11.8 Å². The minimum atomic E-state index is -4.67. The van der Waals surface area contributed by atoms with Crippen molar-refractivity contribution in [2.24, 2.45) is 0 Å². The summed E-state index contributed by atoms with van der Waals surface area (Å²) in [4.78, 5) is 16.9. The van der Waals surface area contributed by atoms with Gasteiger partial charge >= 0.3 is 6.18 Å². The van der Waals surface area contributed by atoms with Crippen LogP contribution < -0.4 is 5.56 Å². The van der Waals surface area contributed by atoms with E-state index in [1.54, 1.807) is 12.1 Å². The number of thioether (sulfide) groups is 1. The molecule has 1 aromatic carbocycles. The van der Waals surface area contributed by atoms with Crippen LogP contribution in [0.15, 0.2) is 34.2 Å². The van der Waals surface area contributed by atoms with Gasteiger partial charge in [-0.05, 0) is 17.7 Å². The summed E-state index contributed by atoms with van der Waals surface area (Å²) < 4.78 is 37.7. The molecule has 2 aromatic rings. The second-order valence-electron chi connectivity index (χ2n) is 3.96. The zero-order valence-electron chi connectivity index (χ0n) is 10.2. The van der Waals surface area contributed by atoms with E-state index in [9.17, 15) is 18.0 Å². The first-order valence-electron chi connectivity index (χ1n) is 5.51. The van der Waals surface area contributed by atoms with E-state index in [-0.39, 0.29) is 10.9 Å². The smallest absolute Gasteiger partial charge is 0.301 e. The molecule has 0 bridgehead atoms. The zero-order chi connectivity index (χ0) is 15.6. The molecule has 9 heteroatoms. The van der Waals surface area contributed by atoms with Crippen LogP contribution in [0.2, 0.25) is 10.0 Å². The standard InChI is InChI=1S/C12H7Cl2F3N2OS/c13-7-2-1-6(8(14)3-7)5-21-11-18-9(12(15,16)17)4-10(20)19-11/h1-4H,5H2,(H,18,19,20). The highest BCUT2D eigenvalue weighted by Gasteiger charge is 2.33. The van der Waals surface area contributed by atoms with Crippen molar-refractivity contribution in [3.05, 3.63) is 55.9 Å². The molecule has 112 valence electrons. The number of H-pyrrole nitrogens is 1. The van der Waals surface area contributed by atoms with Crippen LogP contribution in [0.5, 0.6) is 0 Å². The molecule has 0 saturated carbocycles. The molecule has 0 radical (unpaired) electrons. The molecule has 0 unspecified atom stereocenters. The molecule has 0 atom stereocenters. The lowest BCUT2D eigenvalue weighted by Crippen LogP contribution is -2.16. The average Bonchev–Trinajstić information content (AvgIpc) is 2.36. The quantitative estimate of drug-likeness (QED) is 0.656. The Bertz CT molecular complexity index is 718. The van der Waals surface area contributed by atoms with Gasteiger partial charge in [-0.3, -0.25) is 4.79 Å². The van der Waals surface area contributed by atoms with Crippen LogP contribution >= 0.6 is 35.0 Å². The summed E-state index contributed by atoms with van der Waals surface area (Å²) in [6.07, 6.45) is -4.67. The molecule has 0 spiro atoms. The van der Waals surface area contributed by atoms with Gasteiger partial charge in [0, 0.05) is 21.9 Å². The maximum atomic E-state index is 12.6. The van der Waals surface area contributed by atoms with Gasteiger partial charge in [-0.15, -0.1) is 0 Å². The van der Waals surface area contributed by atoms with Crippen molar-refractivity contribution in [3.8, 4) is 0 Å². The fraction of sp³-hybridized carbons (Fsp3) is 0.167. The van der Waals surface area contributed by atoms with Crippen LogP contribution in [0.3, 0.4) is 0 Å². The van der Waals surface area contributed by atoms with E-state index in [2.05, 4.69) is 9.97 Å². The van der Waals surface area contributed by atoms with Crippen molar-refractivity contribution < 1.29 is 13.2 Å². The Morgan fingerprint density at radius 3 is 2.57 bits per heavy atom. The third-order valence-corrected chi connectivity index (χ3v) is 3.90. The number of aromatic amines is 1. The lowest BCUT2D eigenvalue weighted by atomic mass is 10.2. The van der Waals surface area contributed by atoms with E-state index < -0.39 is 17.4 Å². The van der Waals surface area contributed by atoms with Crippen molar-refractivity contribution in [1.82, 2.24) is 9.97 Å². The number of halogens is 5. The van der Waals surface area contributed by atoms with Gasteiger partial charge in [-0.25, -0.2) is 4.98 Å². The molecular formula is C12H7Cl2F3N2OS. The summed E-state index contributed by atoms with van der Waals surface area (Å²) in [6, 6.07) is 5.22. The molecule has 21 heavy (non-hydrogen) atoms. The molecule has 0 amide bonds. The highest BCUT2D eigenvalue weighted by molar-refractivity contribution is 7.98. The van der Waals surface area contributed by atoms with Crippen molar-refractivity contribution >= 4 is 35.0 Å². The summed E-state index contributed by atoms with van der Waals surface area (Å²) in [5.74, 6) is 0.250. The Balaban J connectivity index is 2.20. The minimum absolute atomic E-state index is 0.124. The van der Waals surface area contributed by atoms with Gasteiger partial charge < -0.3 is 4.98 Å². The lowest BCUT2D eigenvalue weighted by molar-refractivity contribution is -0.141. The Kier molecular flexibility index (Phi) is 4.85. The molecule has 1 N–H and O–H groups in total. The van der Waals surface area contributed by atoms with E-state index in [0.29, 0.717) is 21.7 Å². The normalized spacial score (nSPS) is 11.7. The van der Waals surface area contributed by atoms with Crippen molar-refractivity contribution in [1.29, 1.82) is 0 Å². The van der Waals surface area contributed by atoms with Crippen LogP contribution in [-0.2, 0) is 11.9 Å². The van der Waals surface area contributed by atoms with E-state index in [1.807, 2.05) is 0 Å². The van der Waals surface area contributed by atoms with Gasteiger partial charge in [0.25, 0.3) is 5.56 Å². The first kappa shape index (κ1) is 16.2. The van der Waals surface area contributed by atoms with Crippen molar-refractivity contribution in [3.63, 3.8) is 0 Å². The Morgan fingerprint density at radius 2 is 1.95 bits per heavy atom. The number of nitrogens with one attached hydrogen (secondary N) is 1. The number of nitrogens with zero attached hydrogens (tertiary/aromatic N) is 1. The molecule has 3 nitrogen and oxygen atoms in total. The van der Waals surface area contributed by atoms with Gasteiger partial charge in [0.05, 0.1) is 0 Å². The molecule has 1 heterocycles. The number of aromatic nitrogens is 2. The molecule has 0 aliphatic heterocycles. The summed E-state index contributed by atoms with van der Waals surface area (Å²) in [5, 5.41) is 0.726. The van der Waals surface area contributed by atoms with Crippen LogP contribution in [0.25, 0.3) is 0 Å². The highest BCUT2D eigenvalue weighted by atomic mass is 35.5. The maximum Gasteiger partial charge on any atom is 0.433 e. The van der Waals surface area contributed by atoms with Crippen LogP contribution in [-0.4, -0.2) is 9.97 Å². The van der Waals surface area contributed by atoms with Crippen molar-refractivity contribution in [2.75, 3.05) is 0 Å². The van der Waals surface area contributed by atoms with E-state index >= 15 is 0 Å². The molecule has 1 aromatic heterocycles. The number of hydrogen-bond donors (Lipinski definition) is 1. The first-order valence-corrected chi connectivity index (χ1v) is 7.25. The average molecular weight is 355 g/mol. The SMILES string of the molecule is O=c1cc(C(F)(F)F)nc(SCc2ccc(Cl)cc2Cl)[nH]1. The molecule has 0 aliphatic rings. The summed E-state index contributed by atoms with van der Waals surface area (Å²) in [5.41, 5.74) is -1.41. The number of rotatable bonds is 3. The van der Waals surface area contributed by atoms with E-state index in [4.69, 9.17) is 23.2 Å². The minimum Gasteiger partial charge on any atom is -0.301 e. The monoisotopic (exact) mass is 354 g/mol. The van der Waals surface area contributed by atoms with Gasteiger partial charge in [0.1, 0.15) is 0 Å². The second kappa shape index (κ2) is 6.29. The molecule has 0 aliphatic carbocycles. The maximum absolute atomic E-state index is 12.6. The predicted octanol–water partition coefficient (Wildman–Crippen LogP) is 4.39. The van der Waals surface area contributed by atoms with Gasteiger partial charge in [-0.1, -0.05) is 41.0 Å². The fourth-order valence-corrected chi connectivity index (χ4v) is 2.87. The Labute approximate surface area is 131 Å². The summed E-state index contributed by atoms with van der Waals surface area (Å²) in [6.45, 7) is 0. The molecular weight excluding hydrogens is 348 g/mol. The highest BCUT2D eigenvalue weighted by Crippen LogP contribution is 2.30.